The van der Waals surface area contributed by atoms with Gasteiger partial charge >= 0.3 is 0 Å². The Morgan fingerprint density at radius 2 is 2.25 bits per heavy atom. The third-order valence-electron chi connectivity index (χ3n) is 1.43. The fraction of sp³-hybridized carbons (Fsp3) is 0.714. The molecule has 0 atom stereocenters. The molecule has 0 amide bonds. The summed E-state index contributed by atoms with van der Waals surface area (Å²) in [4.78, 5) is 4.07. The van der Waals surface area contributed by atoms with E-state index in [1.54, 1.807) is 0 Å². The molecule has 0 aliphatic heterocycles. The fourth-order valence-corrected chi connectivity index (χ4v) is 0.853. The number of nitrogens with zero attached hydrogens (tertiary/aromatic N) is 2. The van der Waals surface area contributed by atoms with Crippen LogP contribution >= 0.6 is 0 Å². The molecule has 0 fully saturated rings. The van der Waals surface area contributed by atoms with Crippen molar-refractivity contribution in [2.75, 3.05) is 13.2 Å². The van der Waals surface area contributed by atoms with Crippen molar-refractivity contribution in [2.45, 2.75) is 19.3 Å². The van der Waals surface area contributed by atoms with E-state index in [0.29, 0.717) is 37.5 Å². The second kappa shape index (κ2) is 4.84. The Hall–Kier alpha value is -0.940. The molecule has 1 rings (SSSR count). The van der Waals surface area contributed by atoms with Gasteiger partial charge in [-0.2, -0.15) is 4.98 Å². The Balaban J connectivity index is 2.41. The Morgan fingerprint density at radius 3 is 2.92 bits per heavy atom. The third kappa shape index (κ3) is 2.60. The fourth-order valence-electron chi connectivity index (χ4n) is 0.853. The van der Waals surface area contributed by atoms with Gasteiger partial charge in [-0.15, -0.1) is 0 Å². The topological polar surface area (TPSA) is 85.2 Å². The van der Waals surface area contributed by atoms with Gasteiger partial charge in [0.15, 0.2) is 5.82 Å². The number of hydrogen-bond donors (Lipinski definition) is 2. The Morgan fingerprint density at radius 1 is 1.42 bits per heavy atom. The number of aryl methyl sites for hydroxylation is 1. The molecular formula is C7H13N3O2. The Bertz CT molecular complexity index is 224. The van der Waals surface area contributed by atoms with Crippen LogP contribution in [-0.2, 0) is 12.8 Å². The lowest BCUT2D eigenvalue weighted by molar-refractivity contribution is 0.278. The van der Waals surface area contributed by atoms with Gasteiger partial charge in [-0.1, -0.05) is 5.16 Å². The Labute approximate surface area is 70.6 Å². The first-order valence-electron chi connectivity index (χ1n) is 3.99. The highest BCUT2D eigenvalue weighted by molar-refractivity contribution is 4.86. The van der Waals surface area contributed by atoms with Gasteiger partial charge in [-0.05, 0) is 13.0 Å². The summed E-state index contributed by atoms with van der Waals surface area (Å²) in [7, 11) is 0. The molecule has 1 aromatic heterocycles. The number of aliphatic hydroxyl groups excluding tert-OH is 1. The van der Waals surface area contributed by atoms with Crippen molar-refractivity contribution < 1.29 is 9.63 Å². The van der Waals surface area contributed by atoms with Gasteiger partial charge < -0.3 is 15.4 Å². The SMILES string of the molecule is NCCc1noc(CCCO)n1. The molecule has 0 unspecified atom stereocenters. The zero-order valence-electron chi connectivity index (χ0n) is 6.86. The molecule has 0 aliphatic carbocycles. The maximum Gasteiger partial charge on any atom is 0.226 e. The lowest BCUT2D eigenvalue weighted by atomic mass is 10.3. The van der Waals surface area contributed by atoms with Crippen LogP contribution in [0.2, 0.25) is 0 Å². The van der Waals surface area contributed by atoms with E-state index in [-0.39, 0.29) is 6.61 Å². The van der Waals surface area contributed by atoms with Gasteiger partial charge in [0.05, 0.1) is 0 Å². The van der Waals surface area contributed by atoms with Gasteiger partial charge in [-0.25, -0.2) is 0 Å². The molecule has 0 bridgehead atoms. The molecule has 0 aliphatic rings. The van der Waals surface area contributed by atoms with E-state index in [2.05, 4.69) is 10.1 Å². The van der Waals surface area contributed by atoms with E-state index in [4.69, 9.17) is 15.4 Å². The standard InChI is InChI=1S/C7H13N3O2/c8-4-3-6-9-7(12-10-6)2-1-5-11/h11H,1-5,8H2. The first kappa shape index (κ1) is 9.15. The molecule has 0 aromatic carbocycles. The van der Waals surface area contributed by atoms with Crippen LogP contribution in [0.3, 0.4) is 0 Å². The van der Waals surface area contributed by atoms with Crippen molar-refractivity contribution in [1.29, 1.82) is 0 Å². The summed E-state index contributed by atoms with van der Waals surface area (Å²) in [5.74, 6) is 1.22. The average molecular weight is 171 g/mol. The second-order valence-corrected chi connectivity index (χ2v) is 2.47. The number of aromatic nitrogens is 2. The van der Waals surface area contributed by atoms with Crippen molar-refractivity contribution in [1.82, 2.24) is 10.1 Å². The van der Waals surface area contributed by atoms with Crippen LogP contribution < -0.4 is 5.73 Å². The van der Waals surface area contributed by atoms with Crippen LogP contribution in [0.15, 0.2) is 4.52 Å². The maximum absolute atomic E-state index is 8.53. The first-order chi connectivity index (χ1) is 5.86. The first-order valence-corrected chi connectivity index (χ1v) is 3.99. The van der Waals surface area contributed by atoms with Gasteiger partial charge in [0.1, 0.15) is 0 Å². The number of hydrogen-bond acceptors (Lipinski definition) is 5. The maximum atomic E-state index is 8.53. The van der Waals surface area contributed by atoms with E-state index in [1.165, 1.54) is 0 Å². The van der Waals surface area contributed by atoms with Crippen LogP contribution in [0.1, 0.15) is 18.1 Å². The Kier molecular flexibility index (Phi) is 3.69. The summed E-state index contributed by atoms with van der Waals surface area (Å²) in [6.45, 7) is 0.674. The highest BCUT2D eigenvalue weighted by Gasteiger charge is 2.03. The lowest BCUT2D eigenvalue weighted by Crippen LogP contribution is -2.04. The van der Waals surface area contributed by atoms with Crippen molar-refractivity contribution in [3.8, 4) is 0 Å². The van der Waals surface area contributed by atoms with E-state index >= 15 is 0 Å². The summed E-state index contributed by atoms with van der Waals surface area (Å²) >= 11 is 0. The van der Waals surface area contributed by atoms with Gasteiger partial charge in [0, 0.05) is 19.4 Å². The van der Waals surface area contributed by atoms with Crippen LogP contribution in [0.25, 0.3) is 0 Å². The minimum Gasteiger partial charge on any atom is -0.396 e. The predicted octanol–water partition coefficient (Wildman–Crippen LogP) is -0.504. The summed E-state index contributed by atoms with van der Waals surface area (Å²) in [6.07, 6.45) is 1.93. The molecule has 5 heteroatoms. The predicted molar refractivity (Wildman–Crippen MR) is 42.5 cm³/mol. The monoisotopic (exact) mass is 171 g/mol. The molecule has 1 heterocycles. The van der Waals surface area contributed by atoms with Crippen molar-refractivity contribution in [3.05, 3.63) is 11.7 Å². The molecular weight excluding hydrogens is 158 g/mol. The molecule has 12 heavy (non-hydrogen) atoms. The van der Waals surface area contributed by atoms with Crippen molar-refractivity contribution in [2.24, 2.45) is 5.73 Å². The minimum atomic E-state index is 0.147. The molecule has 0 saturated carbocycles. The van der Waals surface area contributed by atoms with Gasteiger partial charge in [0.2, 0.25) is 5.89 Å². The van der Waals surface area contributed by atoms with Gasteiger partial charge in [-0.3, -0.25) is 0 Å². The summed E-state index contributed by atoms with van der Waals surface area (Å²) < 4.78 is 4.89. The summed E-state index contributed by atoms with van der Waals surface area (Å²) in [5, 5.41) is 12.2. The second-order valence-electron chi connectivity index (χ2n) is 2.47. The normalized spacial score (nSPS) is 10.5. The van der Waals surface area contributed by atoms with Crippen LogP contribution in [0, 0.1) is 0 Å². The molecule has 0 saturated heterocycles. The highest BCUT2D eigenvalue weighted by Crippen LogP contribution is 2.00. The molecule has 0 spiro atoms. The summed E-state index contributed by atoms with van der Waals surface area (Å²) in [6, 6.07) is 0. The van der Waals surface area contributed by atoms with E-state index < -0.39 is 0 Å². The van der Waals surface area contributed by atoms with Crippen LogP contribution in [0.4, 0.5) is 0 Å². The highest BCUT2D eigenvalue weighted by atomic mass is 16.5. The van der Waals surface area contributed by atoms with Gasteiger partial charge in [0.25, 0.3) is 0 Å². The molecule has 1 aromatic rings. The zero-order chi connectivity index (χ0) is 8.81. The van der Waals surface area contributed by atoms with Crippen molar-refractivity contribution >= 4 is 0 Å². The lowest BCUT2D eigenvalue weighted by Gasteiger charge is -1.87. The molecule has 3 N–H and O–H groups in total. The third-order valence-corrected chi connectivity index (χ3v) is 1.43. The molecule has 68 valence electrons. The number of aliphatic hydroxyl groups is 1. The largest absolute Gasteiger partial charge is 0.396 e. The summed E-state index contributed by atoms with van der Waals surface area (Å²) in [5.41, 5.74) is 5.31. The van der Waals surface area contributed by atoms with E-state index in [0.717, 1.165) is 0 Å². The minimum absolute atomic E-state index is 0.147. The number of rotatable bonds is 5. The molecule has 5 nitrogen and oxygen atoms in total. The quantitative estimate of drug-likeness (QED) is 0.623. The zero-order valence-corrected chi connectivity index (χ0v) is 6.86. The van der Waals surface area contributed by atoms with E-state index in [1.807, 2.05) is 0 Å². The number of nitrogens with two attached hydrogens (primary N) is 1. The van der Waals surface area contributed by atoms with E-state index in [9.17, 15) is 0 Å². The van der Waals surface area contributed by atoms with Crippen LogP contribution in [0.5, 0.6) is 0 Å². The molecule has 0 radical (unpaired) electrons. The smallest absolute Gasteiger partial charge is 0.226 e. The average Bonchev–Trinajstić information content (AvgIpc) is 2.50. The van der Waals surface area contributed by atoms with Crippen molar-refractivity contribution in [3.63, 3.8) is 0 Å². The van der Waals surface area contributed by atoms with Crippen LogP contribution in [-0.4, -0.2) is 28.4 Å².